The number of hydrogen-bond donors (Lipinski definition) is 5. The van der Waals surface area contributed by atoms with Crippen molar-refractivity contribution in [1.82, 2.24) is 21.0 Å². The van der Waals surface area contributed by atoms with Crippen molar-refractivity contribution >= 4 is 40.8 Å². The zero-order valence-electron chi connectivity index (χ0n) is 18.1. The summed E-state index contributed by atoms with van der Waals surface area (Å²) in [4.78, 5) is 27.5. The molecule has 1 aromatic rings. The predicted octanol–water partition coefficient (Wildman–Crippen LogP) is 2.77. The van der Waals surface area contributed by atoms with Crippen LogP contribution in [0.1, 0.15) is 48.5 Å². The van der Waals surface area contributed by atoms with E-state index in [9.17, 15) is 9.59 Å². The molecule has 0 aliphatic carbocycles. The van der Waals surface area contributed by atoms with Crippen molar-refractivity contribution in [3.05, 3.63) is 18.3 Å². The maximum Gasteiger partial charge on any atom is 0.408 e. The van der Waals surface area contributed by atoms with E-state index in [1.54, 1.807) is 39.1 Å². The smallest absolute Gasteiger partial charge is 0.408 e. The highest BCUT2D eigenvalue weighted by molar-refractivity contribution is 7.80. The monoisotopic (exact) mass is 424 g/mol. The minimum atomic E-state index is -0.661. The van der Waals surface area contributed by atoms with E-state index in [1.165, 1.54) is 0 Å². The van der Waals surface area contributed by atoms with E-state index >= 15 is 0 Å². The molecular formula is C19H32N6O3S. The van der Waals surface area contributed by atoms with Crippen LogP contribution in [0.2, 0.25) is 0 Å². The van der Waals surface area contributed by atoms with Crippen LogP contribution in [-0.2, 0) is 9.53 Å². The van der Waals surface area contributed by atoms with Crippen molar-refractivity contribution in [1.29, 1.82) is 0 Å². The molecule has 0 bridgehead atoms. The lowest BCUT2D eigenvalue weighted by atomic mass is 9.88. The summed E-state index contributed by atoms with van der Waals surface area (Å²) in [5.74, 6) is -0.00971. The fourth-order valence-corrected chi connectivity index (χ4v) is 2.06. The van der Waals surface area contributed by atoms with Gasteiger partial charge in [-0.25, -0.2) is 9.78 Å². The predicted molar refractivity (Wildman–Crippen MR) is 119 cm³/mol. The Labute approximate surface area is 177 Å². The number of rotatable bonds is 6. The molecule has 10 heteroatoms. The van der Waals surface area contributed by atoms with Crippen LogP contribution in [0.3, 0.4) is 0 Å². The van der Waals surface area contributed by atoms with Gasteiger partial charge in [-0.2, -0.15) is 0 Å². The van der Waals surface area contributed by atoms with E-state index in [0.717, 1.165) is 0 Å². The van der Waals surface area contributed by atoms with Crippen molar-refractivity contribution in [3.8, 4) is 0 Å². The Morgan fingerprint density at radius 2 is 1.83 bits per heavy atom. The number of nitrogens with zero attached hydrogens (tertiary/aromatic N) is 1. The van der Waals surface area contributed by atoms with Crippen LogP contribution in [0.4, 0.5) is 16.3 Å². The Morgan fingerprint density at radius 1 is 1.17 bits per heavy atom. The second kappa shape index (κ2) is 10.2. The minimum Gasteiger partial charge on any atom is -0.444 e. The molecule has 1 aromatic heterocycles. The van der Waals surface area contributed by atoms with Gasteiger partial charge in [0, 0.05) is 6.04 Å². The van der Waals surface area contributed by atoms with Gasteiger partial charge in [0.25, 0.3) is 5.91 Å². The molecular weight excluding hydrogens is 392 g/mol. The summed E-state index contributed by atoms with van der Waals surface area (Å²) in [6.07, 6.45) is 0.926. The lowest BCUT2D eigenvalue weighted by Gasteiger charge is -2.29. The molecule has 0 saturated carbocycles. The molecule has 162 valence electrons. The van der Waals surface area contributed by atoms with Gasteiger partial charge in [-0.15, -0.1) is 0 Å². The number of carbonyl (C=O) groups excluding carboxylic acids is 2. The summed E-state index contributed by atoms with van der Waals surface area (Å²) < 4.78 is 5.05. The molecule has 0 radical (unpaired) electrons. The number of carbonyl (C=O) groups is 2. The van der Waals surface area contributed by atoms with Gasteiger partial charge >= 0.3 is 6.09 Å². The Morgan fingerprint density at radius 3 is 2.34 bits per heavy atom. The summed E-state index contributed by atoms with van der Waals surface area (Å²) in [7, 11) is 0. The first kappa shape index (κ1) is 24.4. The number of hydrazine groups is 1. The third kappa shape index (κ3) is 10.5. The summed E-state index contributed by atoms with van der Waals surface area (Å²) in [6.45, 7) is 13.5. The third-order valence-electron chi connectivity index (χ3n) is 3.79. The minimum absolute atomic E-state index is 0.0777. The lowest BCUT2D eigenvalue weighted by molar-refractivity contribution is -0.119. The molecule has 29 heavy (non-hydrogen) atoms. The molecule has 0 aliphatic heterocycles. The van der Waals surface area contributed by atoms with Gasteiger partial charge in [0.15, 0.2) is 5.11 Å². The summed E-state index contributed by atoms with van der Waals surface area (Å²) in [5, 5.41) is 9.18. The average Bonchev–Trinajstić information content (AvgIpc) is 2.57. The molecule has 0 fully saturated rings. The molecule has 0 aromatic carbocycles. The van der Waals surface area contributed by atoms with Crippen LogP contribution in [0, 0.1) is 5.41 Å². The van der Waals surface area contributed by atoms with E-state index < -0.39 is 17.6 Å². The zero-order chi connectivity index (χ0) is 22.2. The van der Waals surface area contributed by atoms with Crippen molar-refractivity contribution in [3.63, 3.8) is 0 Å². The highest BCUT2D eigenvalue weighted by atomic mass is 32.1. The molecule has 9 nitrogen and oxygen atoms in total. The number of aromatic nitrogens is 1. The first-order chi connectivity index (χ1) is 13.3. The van der Waals surface area contributed by atoms with Crippen LogP contribution < -0.4 is 26.8 Å². The molecule has 0 spiro atoms. The number of anilines is 2. The van der Waals surface area contributed by atoms with Crippen molar-refractivity contribution < 1.29 is 14.3 Å². The Balaban J connectivity index is 2.40. The third-order valence-corrected chi connectivity index (χ3v) is 4.01. The van der Waals surface area contributed by atoms with E-state index in [1.807, 2.05) is 0 Å². The molecule has 1 atom stereocenters. The summed E-state index contributed by atoms with van der Waals surface area (Å²) in [6, 6.07) is 3.65. The van der Waals surface area contributed by atoms with E-state index in [4.69, 9.17) is 17.0 Å². The van der Waals surface area contributed by atoms with Gasteiger partial charge in [-0.05, 0) is 57.5 Å². The molecule has 1 unspecified atom stereocenters. The van der Waals surface area contributed by atoms with Gasteiger partial charge in [0.1, 0.15) is 18.0 Å². The quantitative estimate of drug-likeness (QED) is 0.350. The van der Waals surface area contributed by atoms with Crippen LogP contribution in [0.5, 0.6) is 0 Å². The van der Waals surface area contributed by atoms with Gasteiger partial charge in [0.05, 0.1) is 11.9 Å². The number of nitrogens with one attached hydrogen (secondary N) is 5. The second-order valence-electron chi connectivity index (χ2n) is 8.65. The van der Waals surface area contributed by atoms with Crippen molar-refractivity contribution in [2.24, 2.45) is 5.41 Å². The van der Waals surface area contributed by atoms with Crippen LogP contribution in [0.25, 0.3) is 0 Å². The number of pyridine rings is 1. The molecule has 1 heterocycles. The fourth-order valence-electron chi connectivity index (χ4n) is 1.77. The Kier molecular flexibility index (Phi) is 8.62. The fraction of sp³-hybridized carbons (Fsp3) is 0.579. The summed E-state index contributed by atoms with van der Waals surface area (Å²) in [5.41, 5.74) is 5.28. The van der Waals surface area contributed by atoms with Crippen molar-refractivity contribution in [2.45, 2.75) is 60.1 Å². The molecule has 1 rings (SSSR count). The van der Waals surface area contributed by atoms with E-state index in [2.05, 4.69) is 59.5 Å². The molecule has 2 amide bonds. The molecule has 0 saturated heterocycles. The highest BCUT2D eigenvalue weighted by Gasteiger charge is 2.20. The highest BCUT2D eigenvalue weighted by Crippen LogP contribution is 2.18. The number of ether oxygens (including phenoxy) is 1. The normalized spacial score (nSPS) is 12.4. The maximum atomic E-state index is 11.8. The number of thiocarbonyl (C=S) groups is 1. The number of alkyl carbamates (subject to hydrolysis) is 1. The summed E-state index contributed by atoms with van der Waals surface area (Å²) >= 11 is 5.31. The van der Waals surface area contributed by atoms with E-state index in [-0.39, 0.29) is 18.0 Å². The second-order valence-corrected chi connectivity index (χ2v) is 9.06. The van der Waals surface area contributed by atoms with Gasteiger partial charge in [-0.1, -0.05) is 20.8 Å². The van der Waals surface area contributed by atoms with E-state index in [0.29, 0.717) is 16.6 Å². The molecule has 5 N–H and O–H groups in total. The van der Waals surface area contributed by atoms with Crippen molar-refractivity contribution in [2.75, 3.05) is 17.3 Å². The number of hydrogen-bond acceptors (Lipinski definition) is 6. The van der Waals surface area contributed by atoms with Gasteiger partial charge in [0.2, 0.25) is 0 Å². The van der Waals surface area contributed by atoms with Crippen LogP contribution >= 0.6 is 12.2 Å². The van der Waals surface area contributed by atoms with Crippen LogP contribution in [0.15, 0.2) is 18.3 Å². The largest absolute Gasteiger partial charge is 0.444 e. The number of amides is 2. The Hall–Kier alpha value is -2.62. The zero-order valence-corrected chi connectivity index (χ0v) is 18.9. The molecule has 0 aliphatic rings. The maximum absolute atomic E-state index is 11.8. The first-order valence-electron chi connectivity index (χ1n) is 9.31. The van der Waals surface area contributed by atoms with Crippen LogP contribution in [-0.4, -0.2) is 40.3 Å². The Bertz CT molecular complexity index is 710. The van der Waals surface area contributed by atoms with Gasteiger partial charge < -0.3 is 20.7 Å². The standard InChI is InChI=1S/C19H32N6O3S/c1-12(18(2,3)4)22-16(29)23-13-8-9-14(20-10-13)24-25-15(26)11-21-17(27)28-19(5,6)7/h8-10,12H,11H2,1-7H3,(H,20,24)(H,21,27)(H,25,26)(H2,22,23,29). The van der Waals surface area contributed by atoms with Gasteiger partial charge in [-0.3, -0.25) is 15.6 Å². The topological polar surface area (TPSA) is 116 Å². The SMILES string of the molecule is CC(NC(=S)Nc1ccc(NNC(=O)CNC(=O)OC(C)(C)C)nc1)C(C)(C)C. The average molecular weight is 425 g/mol. The lowest BCUT2D eigenvalue weighted by Crippen LogP contribution is -2.43. The first-order valence-corrected chi connectivity index (χ1v) is 9.72.